The summed E-state index contributed by atoms with van der Waals surface area (Å²) in [6.45, 7) is 2.40. The molecule has 1 unspecified atom stereocenters. The number of allylic oxidation sites excluding steroid dienone is 1. The first-order valence-electron chi connectivity index (χ1n) is 6.65. The number of hydrogen-bond donors (Lipinski definition) is 2. The number of amides is 1. The van der Waals surface area contributed by atoms with Gasteiger partial charge in [0.25, 0.3) is 0 Å². The Balaban J connectivity index is 1.80. The van der Waals surface area contributed by atoms with E-state index in [1.54, 1.807) is 0 Å². The number of alkyl halides is 1. The zero-order valence-electron chi connectivity index (χ0n) is 10.5. The van der Waals surface area contributed by atoms with Crippen LogP contribution in [-0.2, 0) is 4.79 Å². The molecule has 2 N–H and O–H groups in total. The van der Waals surface area contributed by atoms with Crippen LogP contribution in [0.3, 0.4) is 0 Å². The summed E-state index contributed by atoms with van der Waals surface area (Å²) in [7, 11) is 0. The summed E-state index contributed by atoms with van der Waals surface area (Å²) < 4.78 is 0. The molecule has 5 heteroatoms. The van der Waals surface area contributed by atoms with E-state index < -0.39 is 0 Å². The summed E-state index contributed by atoms with van der Waals surface area (Å²) in [5.74, 6) is 0.259. The molecule has 2 aliphatic rings. The number of halogens is 2. The summed E-state index contributed by atoms with van der Waals surface area (Å²) in [5, 5.41) is 7.24. The minimum atomic E-state index is 0.113. The summed E-state index contributed by atoms with van der Waals surface area (Å²) in [6, 6.07) is 0. The third-order valence-electron chi connectivity index (χ3n) is 3.69. The van der Waals surface area contributed by atoms with Crippen LogP contribution in [-0.4, -0.2) is 30.9 Å². The van der Waals surface area contributed by atoms with E-state index in [4.69, 9.17) is 23.2 Å². The maximum atomic E-state index is 12.0. The van der Waals surface area contributed by atoms with Crippen LogP contribution in [0.25, 0.3) is 0 Å². The van der Waals surface area contributed by atoms with Gasteiger partial charge in [-0.2, -0.15) is 0 Å². The van der Waals surface area contributed by atoms with Crippen LogP contribution in [0.4, 0.5) is 0 Å². The van der Waals surface area contributed by atoms with Crippen molar-refractivity contribution < 1.29 is 4.79 Å². The number of rotatable bonds is 3. The molecule has 1 amide bonds. The highest BCUT2D eigenvalue weighted by atomic mass is 35.5. The third-order valence-corrected chi connectivity index (χ3v) is 4.48. The summed E-state index contributed by atoms with van der Waals surface area (Å²) in [6.07, 6.45) is 4.65. The molecule has 0 aromatic carbocycles. The van der Waals surface area contributed by atoms with E-state index in [-0.39, 0.29) is 17.2 Å². The molecule has 0 aromatic heterocycles. The number of carbonyl (C=O) groups is 1. The maximum Gasteiger partial charge on any atom is 0.224 e. The smallest absolute Gasteiger partial charge is 0.224 e. The molecule has 3 nitrogen and oxygen atoms in total. The predicted molar refractivity (Wildman–Crippen MR) is 75.0 cm³/mol. The SMILES string of the molecule is O=C(NCC1=C(Cl)CC(Cl)CC1)[C@@H]1CCCNC1. The van der Waals surface area contributed by atoms with Gasteiger partial charge in [0.15, 0.2) is 0 Å². The van der Waals surface area contributed by atoms with Crippen molar-refractivity contribution >= 4 is 29.1 Å². The van der Waals surface area contributed by atoms with Crippen LogP contribution in [0.15, 0.2) is 10.6 Å². The second-order valence-electron chi connectivity index (χ2n) is 5.11. The van der Waals surface area contributed by atoms with E-state index >= 15 is 0 Å². The van der Waals surface area contributed by atoms with Gasteiger partial charge in [-0.05, 0) is 44.2 Å². The van der Waals surface area contributed by atoms with Crippen molar-refractivity contribution in [3.63, 3.8) is 0 Å². The first-order valence-corrected chi connectivity index (χ1v) is 7.47. The monoisotopic (exact) mass is 290 g/mol. The highest BCUT2D eigenvalue weighted by molar-refractivity contribution is 6.31. The standard InChI is InChI=1S/C13H20Cl2N2O/c14-11-4-3-9(12(15)6-11)8-17-13(18)10-2-1-5-16-7-10/h10-11,16H,1-8H2,(H,17,18)/t10-,11?/m1/s1. The first kappa shape index (κ1) is 14.2. The van der Waals surface area contributed by atoms with Crippen molar-refractivity contribution in [1.82, 2.24) is 10.6 Å². The Bertz CT molecular complexity index is 338. The zero-order valence-corrected chi connectivity index (χ0v) is 12.0. The van der Waals surface area contributed by atoms with Crippen LogP contribution in [0.1, 0.15) is 32.1 Å². The molecule has 2 rings (SSSR count). The zero-order chi connectivity index (χ0) is 13.0. The lowest BCUT2D eigenvalue weighted by atomic mass is 9.97. The lowest BCUT2D eigenvalue weighted by Gasteiger charge is -2.24. The summed E-state index contributed by atoms with van der Waals surface area (Å²) in [4.78, 5) is 12.0. The fraction of sp³-hybridized carbons (Fsp3) is 0.769. The number of carbonyl (C=O) groups excluding carboxylic acids is 1. The lowest BCUT2D eigenvalue weighted by molar-refractivity contribution is -0.125. The molecule has 1 heterocycles. The van der Waals surface area contributed by atoms with Crippen molar-refractivity contribution in [3.05, 3.63) is 10.6 Å². The maximum absolute atomic E-state index is 12.0. The summed E-state index contributed by atoms with van der Waals surface area (Å²) in [5.41, 5.74) is 1.14. The van der Waals surface area contributed by atoms with Crippen LogP contribution in [0, 0.1) is 5.92 Å². The highest BCUT2D eigenvalue weighted by Crippen LogP contribution is 2.30. The first-order chi connectivity index (χ1) is 8.66. The fourth-order valence-corrected chi connectivity index (χ4v) is 3.20. The van der Waals surface area contributed by atoms with Gasteiger partial charge in [-0.1, -0.05) is 11.6 Å². The van der Waals surface area contributed by atoms with Crippen LogP contribution in [0.2, 0.25) is 0 Å². The van der Waals surface area contributed by atoms with Crippen molar-refractivity contribution in [1.29, 1.82) is 0 Å². The molecule has 1 aliphatic heterocycles. The third kappa shape index (κ3) is 3.87. The molecule has 102 valence electrons. The van der Waals surface area contributed by atoms with E-state index in [2.05, 4.69) is 10.6 Å². The number of nitrogens with one attached hydrogen (secondary N) is 2. The molecule has 0 saturated carbocycles. The highest BCUT2D eigenvalue weighted by Gasteiger charge is 2.22. The minimum absolute atomic E-state index is 0.113. The van der Waals surface area contributed by atoms with Gasteiger partial charge in [-0.25, -0.2) is 0 Å². The topological polar surface area (TPSA) is 41.1 Å². The Morgan fingerprint density at radius 2 is 2.28 bits per heavy atom. The molecular weight excluding hydrogens is 271 g/mol. The second kappa shape index (κ2) is 6.78. The van der Waals surface area contributed by atoms with Gasteiger partial charge < -0.3 is 10.6 Å². The lowest BCUT2D eigenvalue weighted by Crippen LogP contribution is -2.41. The molecule has 0 aromatic rings. The molecule has 1 fully saturated rings. The Morgan fingerprint density at radius 1 is 1.44 bits per heavy atom. The Hall–Kier alpha value is -0.250. The van der Waals surface area contributed by atoms with Crippen molar-refractivity contribution in [2.75, 3.05) is 19.6 Å². The van der Waals surface area contributed by atoms with Gasteiger partial charge in [0.2, 0.25) is 5.91 Å². The van der Waals surface area contributed by atoms with E-state index in [0.717, 1.165) is 55.8 Å². The van der Waals surface area contributed by atoms with Gasteiger partial charge in [-0.3, -0.25) is 4.79 Å². The van der Waals surface area contributed by atoms with Gasteiger partial charge in [0, 0.05) is 23.5 Å². The number of hydrogen-bond acceptors (Lipinski definition) is 2. The largest absolute Gasteiger partial charge is 0.352 e. The average molecular weight is 291 g/mol. The molecule has 0 spiro atoms. The van der Waals surface area contributed by atoms with Gasteiger partial charge in [0.1, 0.15) is 0 Å². The Labute approximate surface area is 118 Å². The normalized spacial score (nSPS) is 29.2. The van der Waals surface area contributed by atoms with Gasteiger partial charge in [-0.15, -0.1) is 11.6 Å². The van der Waals surface area contributed by atoms with E-state index in [1.807, 2.05) is 0 Å². The molecule has 18 heavy (non-hydrogen) atoms. The van der Waals surface area contributed by atoms with Crippen LogP contribution in [0.5, 0.6) is 0 Å². The molecule has 1 aliphatic carbocycles. The Kier molecular flexibility index (Phi) is 5.34. The van der Waals surface area contributed by atoms with E-state index in [9.17, 15) is 4.79 Å². The van der Waals surface area contributed by atoms with E-state index in [0.29, 0.717) is 6.54 Å². The fourth-order valence-electron chi connectivity index (χ4n) is 2.51. The average Bonchev–Trinajstić information content (AvgIpc) is 2.38. The van der Waals surface area contributed by atoms with Crippen molar-refractivity contribution in [2.45, 2.75) is 37.5 Å². The minimum Gasteiger partial charge on any atom is -0.352 e. The molecule has 2 atom stereocenters. The second-order valence-corrected chi connectivity index (χ2v) is 6.18. The Morgan fingerprint density at radius 3 is 2.94 bits per heavy atom. The molecule has 0 radical (unpaired) electrons. The van der Waals surface area contributed by atoms with Crippen LogP contribution >= 0.6 is 23.2 Å². The van der Waals surface area contributed by atoms with E-state index in [1.165, 1.54) is 0 Å². The van der Waals surface area contributed by atoms with Gasteiger partial charge in [0.05, 0.1) is 5.92 Å². The molecule has 1 saturated heterocycles. The molecule has 0 bridgehead atoms. The van der Waals surface area contributed by atoms with Crippen molar-refractivity contribution in [3.8, 4) is 0 Å². The van der Waals surface area contributed by atoms with Crippen LogP contribution < -0.4 is 10.6 Å². The van der Waals surface area contributed by atoms with Crippen molar-refractivity contribution in [2.24, 2.45) is 5.92 Å². The quantitative estimate of drug-likeness (QED) is 0.784. The summed E-state index contributed by atoms with van der Waals surface area (Å²) >= 11 is 12.2. The van der Waals surface area contributed by atoms with Gasteiger partial charge >= 0.3 is 0 Å². The predicted octanol–water partition coefficient (Wildman–Crippen LogP) is 2.39. The number of piperidine rings is 1. The molecular formula is C13H20Cl2N2O.